The van der Waals surface area contributed by atoms with Crippen LogP contribution in [0.4, 0.5) is 11.4 Å². The fourth-order valence-corrected chi connectivity index (χ4v) is 4.39. The molecule has 172 valence electrons. The van der Waals surface area contributed by atoms with Crippen LogP contribution in [-0.4, -0.2) is 29.5 Å². The summed E-state index contributed by atoms with van der Waals surface area (Å²) in [7, 11) is -3.80. The molecule has 3 N–H and O–H groups in total. The van der Waals surface area contributed by atoms with Gasteiger partial charge < -0.3 is 5.32 Å². The topological polar surface area (TPSA) is 117 Å². The summed E-state index contributed by atoms with van der Waals surface area (Å²) in [6.07, 6.45) is 2.96. The normalized spacial score (nSPS) is 11.5. The van der Waals surface area contributed by atoms with E-state index in [4.69, 9.17) is 11.6 Å². The first-order valence-corrected chi connectivity index (χ1v) is 12.0. The molecule has 0 saturated heterocycles. The van der Waals surface area contributed by atoms with Crippen molar-refractivity contribution in [2.24, 2.45) is 0 Å². The molecule has 10 heteroatoms. The second-order valence-corrected chi connectivity index (χ2v) is 9.39. The van der Waals surface area contributed by atoms with Crippen LogP contribution in [0.25, 0.3) is 17.5 Å². The Kier molecular flexibility index (Phi) is 6.76. The van der Waals surface area contributed by atoms with Crippen LogP contribution < -0.4 is 10.0 Å². The molecule has 4 rings (SSSR count). The van der Waals surface area contributed by atoms with Crippen molar-refractivity contribution in [3.05, 3.63) is 95.3 Å². The summed E-state index contributed by atoms with van der Waals surface area (Å²) in [6, 6.07) is 19.9. The van der Waals surface area contributed by atoms with Crippen LogP contribution >= 0.6 is 11.6 Å². The summed E-state index contributed by atoms with van der Waals surface area (Å²) >= 11 is 6.03. The highest BCUT2D eigenvalue weighted by Crippen LogP contribution is 2.24. The van der Waals surface area contributed by atoms with Crippen molar-refractivity contribution in [2.75, 3.05) is 10.0 Å². The Bertz CT molecular complexity index is 1460. The number of amides is 1. The first-order chi connectivity index (χ1) is 16.3. The van der Waals surface area contributed by atoms with Gasteiger partial charge in [-0.25, -0.2) is 13.4 Å². The molecule has 0 bridgehead atoms. The molecule has 0 fully saturated rings. The van der Waals surface area contributed by atoms with E-state index in [2.05, 4.69) is 25.2 Å². The first kappa shape index (κ1) is 23.2. The Morgan fingerprint density at radius 2 is 1.79 bits per heavy atom. The lowest BCUT2D eigenvalue weighted by molar-refractivity contribution is -0.111. The molecule has 0 spiro atoms. The molecule has 1 heterocycles. The fraction of sp³-hybridized carbons (Fsp3) is 0.0417. The minimum Gasteiger partial charge on any atom is -0.322 e. The van der Waals surface area contributed by atoms with Gasteiger partial charge in [-0.1, -0.05) is 48.0 Å². The third-order valence-corrected chi connectivity index (χ3v) is 6.43. The number of anilines is 2. The Hall–Kier alpha value is -3.95. The van der Waals surface area contributed by atoms with E-state index in [0.717, 1.165) is 5.56 Å². The van der Waals surface area contributed by atoms with Gasteiger partial charge in [-0.3, -0.25) is 14.6 Å². The summed E-state index contributed by atoms with van der Waals surface area (Å²) in [5.41, 5.74) is 2.33. The van der Waals surface area contributed by atoms with Crippen molar-refractivity contribution in [1.82, 2.24) is 15.2 Å². The molecule has 8 nitrogen and oxygen atoms in total. The molecule has 0 aliphatic heterocycles. The molecule has 0 aliphatic rings. The van der Waals surface area contributed by atoms with Gasteiger partial charge in [0.2, 0.25) is 5.91 Å². The second kappa shape index (κ2) is 9.90. The number of halogens is 1. The molecule has 0 unspecified atom stereocenters. The van der Waals surface area contributed by atoms with Gasteiger partial charge in [0.1, 0.15) is 5.82 Å². The van der Waals surface area contributed by atoms with Crippen LogP contribution in [0.5, 0.6) is 0 Å². The van der Waals surface area contributed by atoms with Crippen LogP contribution in [-0.2, 0) is 14.8 Å². The van der Waals surface area contributed by atoms with Gasteiger partial charge in [-0.2, -0.15) is 5.10 Å². The summed E-state index contributed by atoms with van der Waals surface area (Å²) < 4.78 is 27.7. The predicted octanol–water partition coefficient (Wildman–Crippen LogP) is 4.89. The number of H-pyrrole nitrogens is 1. The third kappa shape index (κ3) is 5.69. The number of nitrogens with zero attached hydrogens (tertiary/aromatic N) is 2. The monoisotopic (exact) mass is 493 g/mol. The maximum absolute atomic E-state index is 12.6. The average Bonchev–Trinajstić information content (AvgIpc) is 3.26. The number of rotatable bonds is 7. The molecule has 4 aromatic rings. The minimum atomic E-state index is -3.80. The third-order valence-electron chi connectivity index (χ3n) is 4.72. The molecule has 0 aliphatic carbocycles. The van der Waals surface area contributed by atoms with E-state index in [9.17, 15) is 13.2 Å². The molecular formula is C24H20ClN5O3S. The Labute approximate surface area is 201 Å². The van der Waals surface area contributed by atoms with Gasteiger partial charge in [0, 0.05) is 17.3 Å². The lowest BCUT2D eigenvalue weighted by atomic mass is 10.2. The smallest absolute Gasteiger partial charge is 0.261 e. The lowest BCUT2D eigenvalue weighted by Gasteiger charge is -2.09. The largest absolute Gasteiger partial charge is 0.322 e. The Morgan fingerprint density at radius 1 is 1.03 bits per heavy atom. The highest BCUT2D eigenvalue weighted by Gasteiger charge is 2.15. The van der Waals surface area contributed by atoms with Gasteiger partial charge in [0.05, 0.1) is 15.6 Å². The number of hydrogen-bond acceptors (Lipinski definition) is 5. The Morgan fingerprint density at radius 3 is 2.50 bits per heavy atom. The van der Waals surface area contributed by atoms with Crippen LogP contribution in [0.1, 0.15) is 11.4 Å². The van der Waals surface area contributed by atoms with Crippen molar-refractivity contribution >= 4 is 45.0 Å². The maximum atomic E-state index is 12.6. The van der Waals surface area contributed by atoms with Crippen molar-refractivity contribution in [3.63, 3.8) is 0 Å². The summed E-state index contributed by atoms with van der Waals surface area (Å²) in [4.78, 5) is 16.7. The van der Waals surface area contributed by atoms with Crippen LogP contribution in [0, 0.1) is 6.92 Å². The van der Waals surface area contributed by atoms with Gasteiger partial charge in [0.15, 0.2) is 5.82 Å². The van der Waals surface area contributed by atoms with Crippen LogP contribution in [0.15, 0.2) is 83.8 Å². The number of nitrogens with one attached hydrogen (secondary N) is 3. The number of hydrogen-bond donors (Lipinski definition) is 3. The number of sulfonamides is 1. The molecule has 34 heavy (non-hydrogen) atoms. The molecular weight excluding hydrogens is 474 g/mol. The molecule has 0 radical (unpaired) electrons. The molecule has 1 amide bonds. The number of para-hydroxylation sites is 1. The number of aromatic amines is 1. The Balaban J connectivity index is 1.40. The average molecular weight is 494 g/mol. The van der Waals surface area contributed by atoms with Crippen LogP contribution in [0.2, 0.25) is 5.02 Å². The van der Waals surface area contributed by atoms with E-state index in [-0.39, 0.29) is 10.8 Å². The minimum absolute atomic E-state index is 0.0769. The van der Waals surface area contributed by atoms with E-state index in [0.29, 0.717) is 33.6 Å². The van der Waals surface area contributed by atoms with E-state index >= 15 is 0 Å². The lowest BCUT2D eigenvalue weighted by Crippen LogP contribution is -2.13. The standard InChI is InChI=1S/C24H20ClN5O3S/c1-16-26-24(29-28-16)18-5-4-6-19(15-18)27-23(31)14-11-17-9-12-20(13-10-17)34(32,33)30-22-8-3-2-7-21(22)25/h2-15,30H,1H3,(H,27,31)(H,26,28,29)/b14-11+. The number of aryl methyl sites for hydroxylation is 1. The first-order valence-electron chi connectivity index (χ1n) is 10.2. The number of benzene rings is 3. The molecule has 0 saturated carbocycles. The van der Waals surface area contributed by atoms with E-state index in [1.165, 1.54) is 18.2 Å². The zero-order chi connectivity index (χ0) is 24.1. The van der Waals surface area contributed by atoms with E-state index < -0.39 is 10.0 Å². The highest BCUT2D eigenvalue weighted by atomic mass is 35.5. The molecule has 3 aromatic carbocycles. The fourth-order valence-electron chi connectivity index (χ4n) is 3.07. The highest BCUT2D eigenvalue weighted by molar-refractivity contribution is 7.92. The van der Waals surface area contributed by atoms with E-state index in [1.807, 2.05) is 13.0 Å². The second-order valence-electron chi connectivity index (χ2n) is 7.30. The zero-order valence-electron chi connectivity index (χ0n) is 18.0. The molecule has 1 aromatic heterocycles. The van der Waals surface area contributed by atoms with E-state index in [1.54, 1.807) is 60.7 Å². The SMILES string of the molecule is Cc1nc(-c2cccc(NC(=O)/C=C/c3ccc(S(=O)(=O)Nc4ccccc4Cl)cc3)c2)n[nH]1. The van der Waals surface area contributed by atoms with Gasteiger partial charge in [-0.05, 0) is 55.0 Å². The van der Waals surface area contributed by atoms with Gasteiger partial charge in [0.25, 0.3) is 10.0 Å². The number of carbonyl (C=O) groups excluding carboxylic acids is 1. The van der Waals surface area contributed by atoms with Gasteiger partial charge in [-0.15, -0.1) is 0 Å². The van der Waals surface area contributed by atoms with Crippen molar-refractivity contribution < 1.29 is 13.2 Å². The summed E-state index contributed by atoms with van der Waals surface area (Å²) in [5.74, 6) is 0.912. The van der Waals surface area contributed by atoms with Crippen LogP contribution in [0.3, 0.4) is 0 Å². The van der Waals surface area contributed by atoms with Crippen molar-refractivity contribution in [1.29, 1.82) is 0 Å². The maximum Gasteiger partial charge on any atom is 0.261 e. The summed E-state index contributed by atoms with van der Waals surface area (Å²) in [5, 5.41) is 9.99. The number of aromatic nitrogens is 3. The number of carbonyl (C=O) groups is 1. The summed E-state index contributed by atoms with van der Waals surface area (Å²) in [6.45, 7) is 1.81. The van der Waals surface area contributed by atoms with Gasteiger partial charge >= 0.3 is 0 Å². The quantitative estimate of drug-likeness (QED) is 0.317. The zero-order valence-corrected chi connectivity index (χ0v) is 19.6. The molecule has 0 atom stereocenters. The van der Waals surface area contributed by atoms with Crippen molar-refractivity contribution in [2.45, 2.75) is 11.8 Å². The predicted molar refractivity (Wildman–Crippen MR) is 133 cm³/mol. The van der Waals surface area contributed by atoms with Crippen molar-refractivity contribution in [3.8, 4) is 11.4 Å².